The zero-order chi connectivity index (χ0) is 41.8. The van der Waals surface area contributed by atoms with Gasteiger partial charge in [0.1, 0.15) is 6.61 Å². The lowest BCUT2D eigenvalue weighted by Gasteiger charge is -2.09. The van der Waals surface area contributed by atoms with E-state index in [4.69, 9.17) is 68.4 Å². The third kappa shape index (κ3) is 53.3. The van der Waals surface area contributed by atoms with Crippen LogP contribution in [-0.4, -0.2) is 164 Å². The molecule has 0 aliphatic heterocycles. The summed E-state index contributed by atoms with van der Waals surface area (Å²) in [6, 6.07) is 0. The highest BCUT2D eigenvalue weighted by Crippen LogP contribution is 2.13. The molecule has 0 aliphatic carbocycles. The van der Waals surface area contributed by atoms with Crippen LogP contribution in [0.2, 0.25) is 0 Å². The van der Waals surface area contributed by atoms with Crippen molar-refractivity contribution in [3.8, 4) is 0 Å². The molecule has 0 saturated carbocycles. The highest BCUT2D eigenvalue weighted by atomic mass is 35.5. The Morgan fingerprint density at radius 3 is 0.845 bits per heavy atom. The minimum atomic E-state index is -0.132. The Kier molecular flexibility index (Phi) is 53.7. The molecule has 0 saturated heterocycles. The van der Waals surface area contributed by atoms with Crippen LogP contribution in [0.1, 0.15) is 122 Å². The lowest BCUT2D eigenvalue weighted by molar-refractivity contribution is -0.145. The van der Waals surface area contributed by atoms with E-state index in [0.717, 1.165) is 38.2 Å². The first-order chi connectivity index (χ1) is 28.8. The Morgan fingerprint density at radius 2 is 0.534 bits per heavy atom. The minimum absolute atomic E-state index is 0.132. The number of halogens is 1. The van der Waals surface area contributed by atoms with E-state index >= 15 is 0 Å². The molecule has 14 heteroatoms. The molecule has 0 aliphatic rings. The molecule has 0 bridgehead atoms. The summed E-state index contributed by atoms with van der Waals surface area (Å²) in [4.78, 5) is 11.9. The van der Waals surface area contributed by atoms with Crippen molar-refractivity contribution in [1.82, 2.24) is 0 Å². The predicted molar refractivity (Wildman–Crippen MR) is 229 cm³/mol. The first kappa shape index (κ1) is 57.3. The number of ether oxygens (including phenoxy) is 12. The number of carbonyl (C=O) groups is 1. The van der Waals surface area contributed by atoms with Gasteiger partial charge in [-0.25, -0.2) is 0 Å². The van der Waals surface area contributed by atoms with Crippen molar-refractivity contribution in [2.45, 2.75) is 122 Å². The van der Waals surface area contributed by atoms with Crippen LogP contribution in [0, 0.1) is 0 Å². The van der Waals surface area contributed by atoms with E-state index in [-0.39, 0.29) is 12.6 Å². The molecule has 0 heterocycles. The van der Waals surface area contributed by atoms with Crippen LogP contribution in [0.4, 0.5) is 0 Å². The summed E-state index contributed by atoms with van der Waals surface area (Å²) in [5, 5.41) is 0. The van der Waals surface area contributed by atoms with Gasteiger partial charge in [-0.3, -0.25) is 4.79 Å². The van der Waals surface area contributed by atoms with Crippen molar-refractivity contribution in [2.75, 3.05) is 158 Å². The van der Waals surface area contributed by atoms with E-state index < -0.39 is 0 Å². The van der Waals surface area contributed by atoms with E-state index in [9.17, 15) is 4.79 Å². The van der Waals surface area contributed by atoms with Gasteiger partial charge in [0, 0.05) is 18.9 Å². The quantitative estimate of drug-likeness (QED) is 0.0334. The molecule has 0 aromatic carbocycles. The monoisotopic (exact) mass is 859 g/mol. The van der Waals surface area contributed by atoms with Gasteiger partial charge in [0.25, 0.3) is 0 Å². The molecule has 0 unspecified atom stereocenters. The number of hydrogen-bond acceptors (Lipinski definition) is 13. The molecule has 0 atom stereocenters. The summed E-state index contributed by atoms with van der Waals surface area (Å²) < 4.78 is 65.8. The summed E-state index contributed by atoms with van der Waals surface area (Å²) >= 11 is 5.66. The fourth-order valence-corrected chi connectivity index (χ4v) is 5.72. The van der Waals surface area contributed by atoms with Crippen LogP contribution >= 0.6 is 11.6 Å². The zero-order valence-electron chi connectivity index (χ0n) is 36.9. The molecule has 0 rings (SSSR count). The maximum absolute atomic E-state index is 11.9. The average molecular weight is 860 g/mol. The molecular weight excluding hydrogens is 772 g/mol. The minimum Gasteiger partial charge on any atom is -0.463 e. The highest BCUT2D eigenvalue weighted by molar-refractivity contribution is 6.17. The van der Waals surface area contributed by atoms with Crippen LogP contribution < -0.4 is 0 Å². The second kappa shape index (κ2) is 54.3. The number of carbonyl (C=O) groups excluding carboxylic acids is 1. The lowest BCUT2D eigenvalue weighted by Crippen LogP contribution is -2.15. The Morgan fingerprint density at radius 1 is 0.293 bits per heavy atom. The van der Waals surface area contributed by atoms with E-state index in [1.807, 2.05) is 0 Å². The van der Waals surface area contributed by atoms with Crippen molar-refractivity contribution < 1.29 is 61.6 Å². The van der Waals surface area contributed by atoms with Gasteiger partial charge in [0.15, 0.2) is 0 Å². The Hall–Kier alpha value is -0.680. The lowest BCUT2D eigenvalue weighted by atomic mass is 10.0. The van der Waals surface area contributed by atoms with E-state index in [1.54, 1.807) is 0 Å². The van der Waals surface area contributed by atoms with Crippen molar-refractivity contribution >= 4 is 17.6 Å². The van der Waals surface area contributed by atoms with Crippen LogP contribution in [0.3, 0.4) is 0 Å². The Balaban J connectivity index is 3.12. The fraction of sp³-hybridized carbons (Fsp3) is 0.977. The summed E-state index contributed by atoms with van der Waals surface area (Å²) in [5.74, 6) is 0.610. The molecule has 13 nitrogen and oxygen atoms in total. The molecular formula is C44H87ClO13. The molecule has 0 amide bonds. The number of hydrogen-bond donors (Lipinski definition) is 0. The van der Waals surface area contributed by atoms with Gasteiger partial charge in [0.2, 0.25) is 0 Å². The second-order valence-electron chi connectivity index (χ2n) is 14.1. The van der Waals surface area contributed by atoms with Gasteiger partial charge < -0.3 is 56.8 Å². The first-order valence-corrected chi connectivity index (χ1v) is 23.4. The normalized spacial score (nSPS) is 11.6. The standard InChI is InChI=1S/C44H87ClO13/c1-2-3-4-5-6-7-8-9-10-11-12-13-16-19-44(46)58-43-42-57-41-40-56-39-38-55-37-36-54-35-34-53-33-32-52-31-30-51-29-28-50-27-26-49-25-24-48-23-22-47-21-18-15-14-17-20-45/h2-43H2,1H3. The van der Waals surface area contributed by atoms with Gasteiger partial charge in [-0.15, -0.1) is 11.6 Å². The molecule has 0 aromatic rings. The fourth-order valence-electron chi connectivity index (χ4n) is 5.53. The largest absolute Gasteiger partial charge is 0.463 e. The summed E-state index contributed by atoms with van der Waals surface area (Å²) in [6.45, 7) is 14.0. The maximum Gasteiger partial charge on any atom is 0.305 e. The van der Waals surface area contributed by atoms with Crippen molar-refractivity contribution in [1.29, 1.82) is 0 Å². The van der Waals surface area contributed by atoms with Gasteiger partial charge in [-0.2, -0.15) is 0 Å². The third-order valence-corrected chi connectivity index (χ3v) is 9.13. The highest BCUT2D eigenvalue weighted by Gasteiger charge is 2.03. The van der Waals surface area contributed by atoms with Gasteiger partial charge >= 0.3 is 5.97 Å². The smallest absolute Gasteiger partial charge is 0.305 e. The summed E-state index contributed by atoms with van der Waals surface area (Å²) in [6.07, 6.45) is 21.8. The number of rotatable bonds is 53. The molecule has 0 N–H and O–H groups in total. The van der Waals surface area contributed by atoms with Gasteiger partial charge in [-0.05, 0) is 19.3 Å². The van der Waals surface area contributed by atoms with E-state index in [0.29, 0.717) is 145 Å². The van der Waals surface area contributed by atoms with Crippen LogP contribution in [-0.2, 0) is 61.6 Å². The van der Waals surface area contributed by atoms with Crippen LogP contribution in [0.15, 0.2) is 0 Å². The number of esters is 1. The summed E-state index contributed by atoms with van der Waals surface area (Å²) in [7, 11) is 0. The molecule has 0 aromatic heterocycles. The first-order valence-electron chi connectivity index (χ1n) is 22.9. The van der Waals surface area contributed by atoms with Crippen molar-refractivity contribution in [3.63, 3.8) is 0 Å². The molecule has 58 heavy (non-hydrogen) atoms. The molecule has 0 fully saturated rings. The SMILES string of the molecule is CCCCCCCCCCCCCCCC(=O)OCCOCCOCCOCCOCCOCCOCCOCCOCCOCCOCCOCCCCCCCl. The second-order valence-corrected chi connectivity index (χ2v) is 14.4. The molecule has 0 spiro atoms. The maximum atomic E-state index is 11.9. The van der Waals surface area contributed by atoms with Crippen molar-refractivity contribution in [2.24, 2.45) is 0 Å². The van der Waals surface area contributed by atoms with Crippen molar-refractivity contribution in [3.05, 3.63) is 0 Å². The van der Waals surface area contributed by atoms with Crippen LogP contribution in [0.5, 0.6) is 0 Å². The molecule has 348 valence electrons. The third-order valence-electron chi connectivity index (χ3n) is 8.87. The van der Waals surface area contributed by atoms with Crippen LogP contribution in [0.25, 0.3) is 0 Å². The Labute approximate surface area is 358 Å². The van der Waals surface area contributed by atoms with E-state index in [1.165, 1.54) is 83.5 Å². The van der Waals surface area contributed by atoms with Gasteiger partial charge in [0.05, 0.1) is 139 Å². The topological polar surface area (TPSA) is 128 Å². The van der Waals surface area contributed by atoms with Gasteiger partial charge in [-0.1, -0.05) is 96.8 Å². The number of unbranched alkanes of at least 4 members (excludes halogenated alkanes) is 15. The zero-order valence-corrected chi connectivity index (χ0v) is 37.6. The average Bonchev–Trinajstić information content (AvgIpc) is 3.23. The Bertz CT molecular complexity index is 756. The summed E-state index contributed by atoms with van der Waals surface area (Å²) in [5.41, 5.74) is 0. The van der Waals surface area contributed by atoms with E-state index in [2.05, 4.69) is 6.92 Å². The molecule has 0 radical (unpaired) electrons. The number of alkyl halides is 1. The predicted octanol–water partition coefficient (Wildman–Crippen LogP) is 7.99.